The molecule has 0 atom stereocenters. The molecule has 8 heteroatoms. The van der Waals surface area contributed by atoms with Crippen LogP contribution in [0.5, 0.6) is 5.75 Å². The first kappa shape index (κ1) is 22.7. The lowest BCUT2D eigenvalue weighted by molar-refractivity contribution is -0.384. The maximum absolute atomic E-state index is 13.6. The fourth-order valence-electron chi connectivity index (χ4n) is 3.92. The van der Waals surface area contributed by atoms with Gasteiger partial charge in [-0.2, -0.15) is 0 Å². The summed E-state index contributed by atoms with van der Waals surface area (Å²) in [5.74, 6) is -0.496. The molecule has 4 rings (SSSR count). The van der Waals surface area contributed by atoms with Crippen molar-refractivity contribution in [1.82, 2.24) is 0 Å². The van der Waals surface area contributed by atoms with E-state index in [2.05, 4.69) is 5.32 Å². The summed E-state index contributed by atoms with van der Waals surface area (Å²) in [6.45, 7) is 6.05. The van der Waals surface area contributed by atoms with E-state index in [0.717, 1.165) is 16.0 Å². The molecule has 1 aliphatic heterocycles. The van der Waals surface area contributed by atoms with Crippen LogP contribution >= 0.6 is 0 Å². The van der Waals surface area contributed by atoms with Crippen LogP contribution in [-0.2, 0) is 9.59 Å². The number of nitrogens with one attached hydrogen (secondary N) is 1. The van der Waals surface area contributed by atoms with Crippen LogP contribution in [-0.4, -0.2) is 23.3 Å². The zero-order valence-electron chi connectivity index (χ0n) is 19.0. The van der Waals surface area contributed by atoms with E-state index in [1.165, 1.54) is 24.3 Å². The van der Waals surface area contributed by atoms with Crippen LogP contribution < -0.4 is 15.0 Å². The molecule has 0 saturated carbocycles. The molecule has 0 spiro atoms. The van der Waals surface area contributed by atoms with Crippen LogP contribution in [0.4, 0.5) is 17.1 Å². The Morgan fingerprint density at radius 3 is 2.32 bits per heavy atom. The minimum atomic E-state index is -0.517. The first-order valence-corrected chi connectivity index (χ1v) is 10.8. The Kier molecular flexibility index (Phi) is 6.14. The number of benzene rings is 3. The van der Waals surface area contributed by atoms with Crippen molar-refractivity contribution in [2.45, 2.75) is 20.8 Å². The second-order valence-corrected chi connectivity index (χ2v) is 7.84. The molecule has 3 aromatic carbocycles. The lowest BCUT2D eigenvalue weighted by Gasteiger charge is -2.18. The van der Waals surface area contributed by atoms with E-state index in [1.807, 2.05) is 39.0 Å². The van der Waals surface area contributed by atoms with Gasteiger partial charge in [0.15, 0.2) is 0 Å². The van der Waals surface area contributed by atoms with Gasteiger partial charge in [-0.25, -0.2) is 4.90 Å². The number of aryl methyl sites for hydroxylation is 2. The predicted molar refractivity (Wildman–Crippen MR) is 130 cm³/mol. The van der Waals surface area contributed by atoms with Gasteiger partial charge in [0, 0.05) is 12.1 Å². The molecule has 1 N–H and O–H groups in total. The number of imide groups is 1. The second-order valence-electron chi connectivity index (χ2n) is 7.84. The average molecular weight is 457 g/mol. The van der Waals surface area contributed by atoms with Gasteiger partial charge in [-0.05, 0) is 62.2 Å². The highest BCUT2D eigenvalue weighted by molar-refractivity contribution is 6.46. The summed E-state index contributed by atoms with van der Waals surface area (Å²) in [6, 6.07) is 18.2. The van der Waals surface area contributed by atoms with Crippen molar-refractivity contribution in [3.8, 4) is 5.75 Å². The van der Waals surface area contributed by atoms with Crippen molar-refractivity contribution in [2.75, 3.05) is 16.8 Å². The topological polar surface area (TPSA) is 102 Å². The van der Waals surface area contributed by atoms with E-state index < -0.39 is 16.7 Å². The molecular formula is C26H23N3O5. The molecule has 3 aromatic rings. The van der Waals surface area contributed by atoms with Crippen molar-refractivity contribution in [3.05, 3.63) is 99.2 Å². The van der Waals surface area contributed by atoms with Crippen LogP contribution in [0.15, 0.2) is 72.4 Å². The average Bonchev–Trinajstić information content (AvgIpc) is 3.05. The number of nitrogens with zero attached hydrogens (tertiary/aromatic N) is 2. The van der Waals surface area contributed by atoms with Gasteiger partial charge in [0.2, 0.25) is 0 Å². The quantitative estimate of drug-likeness (QED) is 0.304. The third-order valence-corrected chi connectivity index (χ3v) is 5.49. The number of nitro groups is 1. The van der Waals surface area contributed by atoms with Gasteiger partial charge in [0.05, 0.1) is 28.5 Å². The fourth-order valence-corrected chi connectivity index (χ4v) is 3.92. The standard InChI is InChI=1S/C26H23N3O5/c1-4-34-22-8-6-5-7-20(22)27-24-23(18-10-12-19(13-11-18)29(32)33)25(30)28(26(24)31)21-14-9-16(2)15-17(21)3/h5-15,27H,4H2,1-3H3. The molecule has 1 aliphatic rings. The molecule has 172 valence electrons. The van der Waals surface area contributed by atoms with Crippen LogP contribution in [0.1, 0.15) is 23.6 Å². The Hall–Kier alpha value is -4.46. The zero-order chi connectivity index (χ0) is 24.4. The number of ether oxygens (including phenoxy) is 1. The minimum absolute atomic E-state index is 0.0750. The second kappa shape index (κ2) is 9.19. The molecule has 2 amide bonds. The van der Waals surface area contributed by atoms with E-state index in [4.69, 9.17) is 4.74 Å². The Balaban J connectivity index is 1.85. The maximum Gasteiger partial charge on any atom is 0.282 e. The van der Waals surface area contributed by atoms with Gasteiger partial charge in [0.25, 0.3) is 17.5 Å². The molecule has 0 fully saturated rings. The molecule has 0 aromatic heterocycles. The first-order chi connectivity index (χ1) is 16.3. The maximum atomic E-state index is 13.6. The van der Waals surface area contributed by atoms with Crippen LogP contribution in [0.2, 0.25) is 0 Å². The number of amides is 2. The Morgan fingerprint density at radius 2 is 1.68 bits per heavy atom. The highest BCUT2D eigenvalue weighted by atomic mass is 16.6. The molecule has 0 bridgehead atoms. The summed E-state index contributed by atoms with van der Waals surface area (Å²) in [6.07, 6.45) is 0. The highest BCUT2D eigenvalue weighted by Crippen LogP contribution is 2.37. The van der Waals surface area contributed by atoms with Gasteiger partial charge in [-0.15, -0.1) is 0 Å². The molecule has 0 aliphatic carbocycles. The van der Waals surface area contributed by atoms with Crippen molar-refractivity contribution >= 4 is 34.4 Å². The molecule has 0 radical (unpaired) electrons. The summed E-state index contributed by atoms with van der Waals surface area (Å²) in [4.78, 5) is 39.0. The normalized spacial score (nSPS) is 13.4. The lowest BCUT2D eigenvalue weighted by atomic mass is 10.0. The number of nitro benzene ring substituents is 1. The number of carbonyl (C=O) groups is 2. The molecule has 8 nitrogen and oxygen atoms in total. The largest absolute Gasteiger partial charge is 0.492 e. The SMILES string of the molecule is CCOc1ccccc1NC1=C(c2ccc([N+](=O)[O-])cc2)C(=O)N(c2ccc(C)cc2C)C1=O. The van der Waals surface area contributed by atoms with Crippen molar-refractivity contribution in [2.24, 2.45) is 0 Å². The summed E-state index contributed by atoms with van der Waals surface area (Å²) in [7, 11) is 0. The summed E-state index contributed by atoms with van der Waals surface area (Å²) < 4.78 is 5.67. The Bertz CT molecular complexity index is 1330. The lowest BCUT2D eigenvalue weighted by Crippen LogP contribution is -2.33. The van der Waals surface area contributed by atoms with E-state index in [0.29, 0.717) is 29.3 Å². The molecule has 0 unspecified atom stereocenters. The van der Waals surface area contributed by atoms with E-state index in [-0.39, 0.29) is 17.0 Å². The van der Waals surface area contributed by atoms with E-state index >= 15 is 0 Å². The van der Waals surface area contributed by atoms with Gasteiger partial charge in [-0.1, -0.05) is 29.8 Å². The third kappa shape index (κ3) is 4.13. The van der Waals surface area contributed by atoms with Gasteiger partial charge < -0.3 is 10.1 Å². The number of para-hydroxylation sites is 2. The van der Waals surface area contributed by atoms with Crippen molar-refractivity contribution in [1.29, 1.82) is 0 Å². The minimum Gasteiger partial charge on any atom is -0.492 e. The van der Waals surface area contributed by atoms with E-state index in [9.17, 15) is 19.7 Å². The number of carbonyl (C=O) groups excluding carboxylic acids is 2. The van der Waals surface area contributed by atoms with Gasteiger partial charge in [-0.3, -0.25) is 19.7 Å². The van der Waals surface area contributed by atoms with Crippen LogP contribution in [0, 0.1) is 24.0 Å². The van der Waals surface area contributed by atoms with Crippen molar-refractivity contribution in [3.63, 3.8) is 0 Å². The molecule has 0 saturated heterocycles. The molecule has 1 heterocycles. The smallest absolute Gasteiger partial charge is 0.282 e. The van der Waals surface area contributed by atoms with Crippen LogP contribution in [0.3, 0.4) is 0 Å². The summed E-state index contributed by atoms with van der Waals surface area (Å²) in [5, 5.41) is 14.2. The summed E-state index contributed by atoms with van der Waals surface area (Å²) >= 11 is 0. The van der Waals surface area contributed by atoms with Gasteiger partial charge in [0.1, 0.15) is 11.4 Å². The van der Waals surface area contributed by atoms with E-state index in [1.54, 1.807) is 24.3 Å². The van der Waals surface area contributed by atoms with Crippen LogP contribution in [0.25, 0.3) is 5.57 Å². The number of hydrogen-bond donors (Lipinski definition) is 1. The predicted octanol–water partition coefficient (Wildman–Crippen LogP) is 5.01. The third-order valence-electron chi connectivity index (χ3n) is 5.49. The molecular weight excluding hydrogens is 434 g/mol. The Labute approximate surface area is 196 Å². The first-order valence-electron chi connectivity index (χ1n) is 10.8. The number of anilines is 2. The number of hydrogen-bond acceptors (Lipinski definition) is 6. The zero-order valence-corrected chi connectivity index (χ0v) is 19.0. The number of rotatable bonds is 7. The monoisotopic (exact) mass is 457 g/mol. The van der Waals surface area contributed by atoms with Crippen molar-refractivity contribution < 1.29 is 19.2 Å². The van der Waals surface area contributed by atoms with Gasteiger partial charge >= 0.3 is 0 Å². The number of non-ortho nitro benzene ring substituents is 1. The highest BCUT2D eigenvalue weighted by Gasteiger charge is 2.41. The Morgan fingerprint density at radius 1 is 0.971 bits per heavy atom. The summed E-state index contributed by atoms with van der Waals surface area (Å²) in [5.41, 5.74) is 3.29. The molecule has 34 heavy (non-hydrogen) atoms. The fraction of sp³-hybridized carbons (Fsp3) is 0.154.